The zero-order chi connectivity index (χ0) is 19.3. The topological polar surface area (TPSA) is 18.5 Å². The molecule has 25 heavy (non-hydrogen) atoms. The van der Waals surface area contributed by atoms with Gasteiger partial charge in [0.2, 0.25) is 8.32 Å². The fraction of sp³-hybridized carbons (Fsp3) is 0.636. The van der Waals surface area contributed by atoms with Crippen LogP contribution in [0.3, 0.4) is 0 Å². The molecule has 0 bridgehead atoms. The van der Waals surface area contributed by atoms with Crippen LogP contribution < -0.4 is 4.43 Å². The van der Waals surface area contributed by atoms with Gasteiger partial charge in [-0.1, -0.05) is 67.5 Å². The van der Waals surface area contributed by atoms with E-state index < -0.39 is 8.32 Å². The minimum atomic E-state index is -1.84. The lowest BCUT2D eigenvalue weighted by Crippen LogP contribution is -2.43. The smallest absolute Gasteiger partial charge is 0.250 e. The Labute approximate surface area is 155 Å². The van der Waals surface area contributed by atoms with E-state index in [0.717, 1.165) is 18.1 Å². The molecule has 1 heterocycles. The fourth-order valence-corrected chi connectivity index (χ4v) is 4.00. The lowest BCUT2D eigenvalue weighted by Gasteiger charge is -2.36. The fourth-order valence-electron chi connectivity index (χ4n) is 2.98. The van der Waals surface area contributed by atoms with Crippen molar-refractivity contribution in [3.8, 4) is 5.75 Å². The SMILES string of the molecule is CC(C)(C)C1=C(c2cccc(O[Si](C)(C)C(C)(C)C)c2)C(C)(C)CO1. The van der Waals surface area contributed by atoms with Gasteiger partial charge < -0.3 is 9.16 Å². The van der Waals surface area contributed by atoms with Crippen LogP contribution in [0.15, 0.2) is 30.0 Å². The average molecular weight is 361 g/mol. The molecule has 0 saturated carbocycles. The van der Waals surface area contributed by atoms with Gasteiger partial charge in [0.15, 0.2) is 0 Å². The van der Waals surface area contributed by atoms with Crippen LogP contribution in [0.2, 0.25) is 18.1 Å². The summed E-state index contributed by atoms with van der Waals surface area (Å²) in [5.41, 5.74) is 2.56. The number of hydrogen-bond donors (Lipinski definition) is 0. The van der Waals surface area contributed by atoms with Crippen molar-refractivity contribution in [2.75, 3.05) is 6.61 Å². The lowest BCUT2D eigenvalue weighted by atomic mass is 9.78. The standard InChI is InChI=1S/C22H36O2Si/c1-20(2,3)19-18(22(7,8)15-23-19)16-12-11-13-17(14-16)24-25(9,10)21(4,5)6/h11-14H,15H2,1-10H3. The molecule has 0 spiro atoms. The number of ether oxygens (including phenoxy) is 1. The second kappa shape index (κ2) is 6.19. The number of benzene rings is 1. The average Bonchev–Trinajstić information content (AvgIpc) is 2.72. The van der Waals surface area contributed by atoms with Gasteiger partial charge in [0.25, 0.3) is 0 Å². The minimum Gasteiger partial charge on any atom is -0.543 e. The van der Waals surface area contributed by atoms with Crippen molar-refractivity contribution in [2.24, 2.45) is 10.8 Å². The molecule has 1 aliphatic rings. The molecule has 1 aliphatic heterocycles. The molecule has 0 saturated heterocycles. The van der Waals surface area contributed by atoms with Crippen LogP contribution in [-0.4, -0.2) is 14.9 Å². The van der Waals surface area contributed by atoms with Crippen LogP contribution >= 0.6 is 0 Å². The Morgan fingerprint density at radius 1 is 1.04 bits per heavy atom. The molecule has 140 valence electrons. The largest absolute Gasteiger partial charge is 0.543 e. The highest BCUT2D eigenvalue weighted by atomic mass is 28.4. The maximum atomic E-state index is 6.53. The number of rotatable bonds is 3. The monoisotopic (exact) mass is 360 g/mol. The summed E-state index contributed by atoms with van der Waals surface area (Å²) in [4.78, 5) is 0. The zero-order valence-corrected chi connectivity index (χ0v) is 18.8. The first-order valence-electron chi connectivity index (χ1n) is 9.33. The molecule has 0 aliphatic carbocycles. The molecule has 0 aromatic heterocycles. The molecule has 3 heteroatoms. The van der Waals surface area contributed by atoms with E-state index in [2.05, 4.69) is 92.7 Å². The molecule has 2 nitrogen and oxygen atoms in total. The third-order valence-electron chi connectivity index (χ3n) is 5.46. The maximum absolute atomic E-state index is 6.53. The molecule has 2 rings (SSSR count). The molecule has 0 amide bonds. The molecule has 1 aromatic carbocycles. The summed E-state index contributed by atoms with van der Waals surface area (Å²) in [6.07, 6.45) is 0. The van der Waals surface area contributed by atoms with E-state index in [1.54, 1.807) is 0 Å². The van der Waals surface area contributed by atoms with Crippen molar-refractivity contribution in [1.29, 1.82) is 0 Å². The van der Waals surface area contributed by atoms with Crippen molar-refractivity contribution < 1.29 is 9.16 Å². The first kappa shape index (κ1) is 20.1. The van der Waals surface area contributed by atoms with E-state index in [-0.39, 0.29) is 15.9 Å². The van der Waals surface area contributed by atoms with E-state index in [4.69, 9.17) is 9.16 Å². The highest BCUT2D eigenvalue weighted by Crippen LogP contribution is 2.49. The Hall–Kier alpha value is -1.22. The van der Waals surface area contributed by atoms with Gasteiger partial charge in [-0.25, -0.2) is 0 Å². The van der Waals surface area contributed by atoms with Crippen LogP contribution in [0.5, 0.6) is 5.75 Å². The Bertz CT molecular complexity index is 670. The third-order valence-corrected chi connectivity index (χ3v) is 9.82. The predicted molar refractivity (Wildman–Crippen MR) is 110 cm³/mol. The highest BCUT2D eigenvalue weighted by Gasteiger charge is 2.41. The zero-order valence-electron chi connectivity index (χ0n) is 17.8. The molecule has 0 atom stereocenters. The van der Waals surface area contributed by atoms with Gasteiger partial charge in [0.1, 0.15) is 11.5 Å². The van der Waals surface area contributed by atoms with E-state index in [1.165, 1.54) is 11.1 Å². The first-order valence-corrected chi connectivity index (χ1v) is 12.2. The van der Waals surface area contributed by atoms with Gasteiger partial charge in [-0.3, -0.25) is 0 Å². The van der Waals surface area contributed by atoms with Crippen molar-refractivity contribution in [1.82, 2.24) is 0 Å². The Kier molecular flexibility index (Phi) is 4.97. The van der Waals surface area contributed by atoms with Crippen LogP contribution in [0.25, 0.3) is 5.57 Å². The summed E-state index contributed by atoms with van der Waals surface area (Å²) >= 11 is 0. The molecule has 0 unspecified atom stereocenters. The molecule has 1 aromatic rings. The summed E-state index contributed by atoms with van der Waals surface area (Å²) < 4.78 is 12.7. The summed E-state index contributed by atoms with van der Waals surface area (Å²) in [5, 5.41) is 0.189. The second-order valence-electron chi connectivity index (χ2n) is 10.5. The van der Waals surface area contributed by atoms with Gasteiger partial charge in [-0.2, -0.15) is 0 Å². The van der Waals surface area contributed by atoms with Crippen molar-refractivity contribution in [2.45, 2.75) is 73.5 Å². The number of hydrogen-bond acceptors (Lipinski definition) is 2. The van der Waals surface area contributed by atoms with E-state index >= 15 is 0 Å². The van der Waals surface area contributed by atoms with Gasteiger partial charge in [0.05, 0.1) is 6.61 Å². The van der Waals surface area contributed by atoms with Gasteiger partial charge in [-0.05, 0) is 35.8 Å². The highest BCUT2D eigenvalue weighted by molar-refractivity contribution is 6.74. The Balaban J connectivity index is 2.48. The van der Waals surface area contributed by atoms with E-state index in [0.29, 0.717) is 0 Å². The molecular weight excluding hydrogens is 324 g/mol. The van der Waals surface area contributed by atoms with Crippen LogP contribution in [0.4, 0.5) is 0 Å². The van der Waals surface area contributed by atoms with Crippen LogP contribution in [0.1, 0.15) is 61.0 Å². The summed E-state index contributed by atoms with van der Waals surface area (Å²) in [5.74, 6) is 2.09. The quantitative estimate of drug-likeness (QED) is 0.547. The number of allylic oxidation sites excluding steroid dienone is 1. The van der Waals surface area contributed by atoms with E-state index in [1.807, 2.05) is 0 Å². The molecule has 0 N–H and O–H groups in total. The summed E-state index contributed by atoms with van der Waals surface area (Å²) in [7, 11) is -1.84. The third kappa shape index (κ3) is 4.13. The molecule has 0 radical (unpaired) electrons. The Morgan fingerprint density at radius 2 is 1.64 bits per heavy atom. The van der Waals surface area contributed by atoms with Crippen molar-refractivity contribution >= 4 is 13.9 Å². The van der Waals surface area contributed by atoms with E-state index in [9.17, 15) is 0 Å². The summed E-state index contributed by atoms with van der Waals surface area (Å²) in [6.45, 7) is 23.3. The second-order valence-corrected chi connectivity index (χ2v) is 15.2. The lowest BCUT2D eigenvalue weighted by molar-refractivity contribution is 0.144. The van der Waals surface area contributed by atoms with Gasteiger partial charge in [-0.15, -0.1) is 0 Å². The minimum absolute atomic E-state index is 0.000599. The molecule has 0 fully saturated rings. The normalized spacial score (nSPS) is 18.3. The van der Waals surface area contributed by atoms with Crippen molar-refractivity contribution in [3.63, 3.8) is 0 Å². The van der Waals surface area contributed by atoms with Crippen molar-refractivity contribution in [3.05, 3.63) is 35.6 Å². The van der Waals surface area contributed by atoms with Crippen LogP contribution in [0, 0.1) is 10.8 Å². The van der Waals surface area contributed by atoms with Gasteiger partial charge in [0, 0.05) is 16.4 Å². The first-order chi connectivity index (χ1) is 11.2. The Morgan fingerprint density at radius 3 is 2.16 bits per heavy atom. The van der Waals surface area contributed by atoms with Crippen LogP contribution in [-0.2, 0) is 4.74 Å². The maximum Gasteiger partial charge on any atom is 0.250 e. The summed E-state index contributed by atoms with van der Waals surface area (Å²) in [6, 6.07) is 8.59. The predicted octanol–water partition coefficient (Wildman–Crippen LogP) is 6.88. The van der Waals surface area contributed by atoms with Gasteiger partial charge >= 0.3 is 0 Å². The molecular formula is C22H36O2Si.